The van der Waals surface area contributed by atoms with E-state index < -0.39 is 0 Å². The second-order valence-corrected chi connectivity index (χ2v) is 5.76. The van der Waals surface area contributed by atoms with Crippen LogP contribution in [0.25, 0.3) is 0 Å². The van der Waals surface area contributed by atoms with E-state index >= 15 is 0 Å². The van der Waals surface area contributed by atoms with Crippen molar-refractivity contribution in [2.24, 2.45) is 10.9 Å². The zero-order valence-corrected chi connectivity index (χ0v) is 12.9. The molecule has 0 aromatic carbocycles. The summed E-state index contributed by atoms with van der Waals surface area (Å²) in [6, 6.07) is 4.17. The summed E-state index contributed by atoms with van der Waals surface area (Å²) in [5.41, 5.74) is 0. The maximum atomic E-state index is 5.55. The SMILES string of the molecule is CN=C(NCCOCCC(C)C)NCc1cccs1. The minimum atomic E-state index is 0.702. The molecule has 2 N–H and O–H groups in total. The van der Waals surface area contributed by atoms with Crippen LogP contribution in [-0.2, 0) is 11.3 Å². The van der Waals surface area contributed by atoms with Crippen molar-refractivity contribution in [1.82, 2.24) is 10.6 Å². The van der Waals surface area contributed by atoms with Crippen molar-refractivity contribution in [2.45, 2.75) is 26.8 Å². The highest BCUT2D eigenvalue weighted by Gasteiger charge is 1.99. The predicted molar refractivity (Wildman–Crippen MR) is 82.8 cm³/mol. The van der Waals surface area contributed by atoms with Gasteiger partial charge >= 0.3 is 0 Å². The molecule has 1 aromatic rings. The van der Waals surface area contributed by atoms with E-state index in [1.807, 2.05) is 0 Å². The quantitative estimate of drug-likeness (QED) is 0.438. The third-order valence-electron chi connectivity index (χ3n) is 2.61. The summed E-state index contributed by atoms with van der Waals surface area (Å²) in [7, 11) is 1.78. The van der Waals surface area contributed by atoms with Crippen molar-refractivity contribution in [3.63, 3.8) is 0 Å². The molecule has 108 valence electrons. The molecular weight excluding hydrogens is 258 g/mol. The Balaban J connectivity index is 2.06. The number of ether oxygens (including phenoxy) is 1. The lowest BCUT2D eigenvalue weighted by Crippen LogP contribution is -2.38. The van der Waals surface area contributed by atoms with Gasteiger partial charge in [-0.3, -0.25) is 4.99 Å². The van der Waals surface area contributed by atoms with Crippen LogP contribution < -0.4 is 10.6 Å². The van der Waals surface area contributed by atoms with E-state index in [4.69, 9.17) is 4.74 Å². The average molecular weight is 283 g/mol. The number of rotatable bonds is 8. The van der Waals surface area contributed by atoms with Crippen molar-refractivity contribution in [2.75, 3.05) is 26.8 Å². The van der Waals surface area contributed by atoms with E-state index in [1.165, 1.54) is 4.88 Å². The van der Waals surface area contributed by atoms with Gasteiger partial charge in [0.1, 0.15) is 0 Å². The lowest BCUT2D eigenvalue weighted by atomic mass is 10.1. The summed E-state index contributed by atoms with van der Waals surface area (Å²) in [5, 5.41) is 8.59. The van der Waals surface area contributed by atoms with Crippen LogP contribution in [0.1, 0.15) is 25.1 Å². The van der Waals surface area contributed by atoms with Crippen LogP contribution >= 0.6 is 11.3 Å². The molecule has 0 amide bonds. The lowest BCUT2D eigenvalue weighted by Gasteiger charge is -2.11. The summed E-state index contributed by atoms with van der Waals surface area (Å²) in [6.45, 7) is 7.55. The first-order chi connectivity index (χ1) is 9.22. The summed E-state index contributed by atoms with van der Waals surface area (Å²) in [5.74, 6) is 1.52. The predicted octanol–water partition coefficient (Wildman–Crippen LogP) is 2.48. The van der Waals surface area contributed by atoms with Crippen LogP contribution in [0.2, 0.25) is 0 Å². The molecule has 0 aliphatic heterocycles. The highest BCUT2D eigenvalue weighted by atomic mass is 32.1. The molecule has 0 bridgehead atoms. The third kappa shape index (κ3) is 7.85. The van der Waals surface area contributed by atoms with E-state index in [1.54, 1.807) is 18.4 Å². The summed E-state index contributed by atoms with van der Waals surface area (Å²) in [4.78, 5) is 5.48. The third-order valence-corrected chi connectivity index (χ3v) is 3.49. The number of nitrogens with zero attached hydrogens (tertiary/aromatic N) is 1. The second kappa shape index (κ2) is 9.81. The van der Waals surface area contributed by atoms with Gasteiger partial charge in [0.05, 0.1) is 13.2 Å². The molecule has 4 nitrogen and oxygen atoms in total. The van der Waals surface area contributed by atoms with Crippen molar-refractivity contribution < 1.29 is 4.74 Å². The summed E-state index contributed by atoms with van der Waals surface area (Å²) >= 11 is 1.74. The van der Waals surface area contributed by atoms with Gasteiger partial charge in [0, 0.05) is 25.1 Å². The minimum Gasteiger partial charge on any atom is -0.380 e. The van der Waals surface area contributed by atoms with Crippen molar-refractivity contribution in [3.8, 4) is 0 Å². The molecule has 1 aromatic heterocycles. The number of aliphatic imine (C=N–C) groups is 1. The van der Waals surface area contributed by atoms with Crippen LogP contribution in [0.15, 0.2) is 22.5 Å². The summed E-state index contributed by atoms with van der Waals surface area (Å²) < 4.78 is 5.55. The maximum Gasteiger partial charge on any atom is 0.191 e. The van der Waals surface area contributed by atoms with Gasteiger partial charge in [-0.1, -0.05) is 19.9 Å². The van der Waals surface area contributed by atoms with E-state index in [9.17, 15) is 0 Å². The zero-order valence-electron chi connectivity index (χ0n) is 12.1. The maximum absolute atomic E-state index is 5.55. The second-order valence-electron chi connectivity index (χ2n) is 4.73. The Morgan fingerprint density at radius 1 is 1.37 bits per heavy atom. The number of guanidine groups is 1. The van der Waals surface area contributed by atoms with E-state index in [-0.39, 0.29) is 0 Å². The Kier molecular flexibility index (Phi) is 8.25. The monoisotopic (exact) mass is 283 g/mol. The molecular formula is C14H25N3OS. The van der Waals surface area contributed by atoms with Gasteiger partial charge in [-0.2, -0.15) is 0 Å². The van der Waals surface area contributed by atoms with Gasteiger partial charge in [-0.15, -0.1) is 11.3 Å². The normalized spacial score (nSPS) is 11.9. The number of hydrogen-bond acceptors (Lipinski definition) is 3. The van der Waals surface area contributed by atoms with Gasteiger partial charge in [-0.05, 0) is 23.8 Å². The molecule has 0 spiro atoms. The molecule has 5 heteroatoms. The van der Waals surface area contributed by atoms with Gasteiger partial charge in [-0.25, -0.2) is 0 Å². The molecule has 0 atom stereocenters. The highest BCUT2D eigenvalue weighted by Crippen LogP contribution is 2.06. The molecule has 0 aliphatic rings. The fourth-order valence-electron chi connectivity index (χ4n) is 1.47. The molecule has 0 unspecified atom stereocenters. The van der Waals surface area contributed by atoms with Crippen LogP contribution in [0.3, 0.4) is 0 Å². The Morgan fingerprint density at radius 3 is 2.84 bits per heavy atom. The first-order valence-electron chi connectivity index (χ1n) is 6.77. The standard InChI is InChI=1S/C14H25N3OS/c1-12(2)6-8-18-9-7-16-14(15-3)17-11-13-5-4-10-19-13/h4-5,10,12H,6-9,11H2,1-3H3,(H2,15,16,17). The zero-order chi connectivity index (χ0) is 13.9. The van der Waals surface area contributed by atoms with Gasteiger partial charge in [0.25, 0.3) is 0 Å². The smallest absolute Gasteiger partial charge is 0.191 e. The lowest BCUT2D eigenvalue weighted by molar-refractivity contribution is 0.128. The van der Waals surface area contributed by atoms with Gasteiger partial charge in [0.15, 0.2) is 5.96 Å². The summed E-state index contributed by atoms with van der Waals surface area (Å²) in [6.07, 6.45) is 1.12. The number of nitrogens with one attached hydrogen (secondary N) is 2. The molecule has 1 heterocycles. The van der Waals surface area contributed by atoms with Crippen molar-refractivity contribution in [1.29, 1.82) is 0 Å². The Bertz CT molecular complexity index is 350. The first-order valence-corrected chi connectivity index (χ1v) is 7.65. The van der Waals surface area contributed by atoms with Crippen LogP contribution in [0.4, 0.5) is 0 Å². The molecule has 19 heavy (non-hydrogen) atoms. The largest absolute Gasteiger partial charge is 0.380 e. The van der Waals surface area contributed by atoms with Crippen molar-refractivity contribution in [3.05, 3.63) is 22.4 Å². The molecule has 0 saturated heterocycles. The molecule has 1 rings (SSSR count). The fraction of sp³-hybridized carbons (Fsp3) is 0.643. The minimum absolute atomic E-state index is 0.702. The van der Waals surface area contributed by atoms with E-state index in [0.29, 0.717) is 12.5 Å². The number of thiophene rings is 1. The molecule has 0 radical (unpaired) electrons. The van der Waals surface area contributed by atoms with Crippen LogP contribution in [-0.4, -0.2) is 32.8 Å². The Morgan fingerprint density at radius 2 is 2.21 bits per heavy atom. The average Bonchev–Trinajstić information content (AvgIpc) is 2.90. The van der Waals surface area contributed by atoms with Crippen molar-refractivity contribution >= 4 is 17.3 Å². The fourth-order valence-corrected chi connectivity index (χ4v) is 2.11. The van der Waals surface area contributed by atoms with E-state index in [2.05, 4.69) is 47.0 Å². The highest BCUT2D eigenvalue weighted by molar-refractivity contribution is 7.09. The van der Waals surface area contributed by atoms with Crippen LogP contribution in [0, 0.1) is 5.92 Å². The molecule has 0 saturated carbocycles. The van der Waals surface area contributed by atoms with Gasteiger partial charge in [0.2, 0.25) is 0 Å². The molecule has 0 fully saturated rings. The molecule has 0 aliphatic carbocycles. The Hall–Kier alpha value is -1.07. The van der Waals surface area contributed by atoms with E-state index in [0.717, 1.165) is 32.1 Å². The van der Waals surface area contributed by atoms with Crippen LogP contribution in [0.5, 0.6) is 0 Å². The number of hydrogen-bond donors (Lipinski definition) is 2. The topological polar surface area (TPSA) is 45.7 Å². The Labute approximate surface area is 120 Å². The first kappa shape index (κ1) is 16.0. The van der Waals surface area contributed by atoms with Gasteiger partial charge < -0.3 is 15.4 Å².